The van der Waals surface area contributed by atoms with Crippen molar-refractivity contribution in [3.8, 4) is 0 Å². The van der Waals surface area contributed by atoms with Crippen LogP contribution in [0.3, 0.4) is 0 Å². The quantitative estimate of drug-likeness (QED) is 0.495. The van der Waals surface area contributed by atoms with Gasteiger partial charge in [0.2, 0.25) is 0 Å². The van der Waals surface area contributed by atoms with Crippen molar-refractivity contribution in [1.82, 2.24) is 0 Å². The fourth-order valence-electron chi connectivity index (χ4n) is 2.94. The molecule has 0 heterocycles. The van der Waals surface area contributed by atoms with Gasteiger partial charge in [0.25, 0.3) is 10.0 Å². The molecule has 0 fully saturated rings. The number of nitrogens with zero attached hydrogens (tertiary/aromatic N) is 1. The maximum atomic E-state index is 13.8. The maximum absolute atomic E-state index is 13.8. The molecule has 3 rings (SSSR count). The smallest absolute Gasteiger partial charge is 0.338 e. The van der Waals surface area contributed by atoms with E-state index in [1.807, 2.05) is 6.07 Å². The highest BCUT2D eigenvalue weighted by atomic mass is 32.2. The minimum atomic E-state index is -4.11. The van der Waals surface area contributed by atoms with E-state index in [1.54, 1.807) is 63.2 Å². The summed E-state index contributed by atoms with van der Waals surface area (Å²) in [5.74, 6) is -1.21. The lowest BCUT2D eigenvalue weighted by atomic mass is 10.1. The SMILES string of the molecule is CC(C)(C)OC(=O)c1cccc(N(Cc2ccccc2)S(=O)(=O)c2cccc(F)c2)c1. The Morgan fingerprint density at radius 2 is 1.61 bits per heavy atom. The third-order valence-electron chi connectivity index (χ3n) is 4.32. The van der Waals surface area contributed by atoms with Gasteiger partial charge in [0.1, 0.15) is 11.4 Å². The summed E-state index contributed by atoms with van der Waals surface area (Å²) in [5, 5.41) is 0. The van der Waals surface area contributed by atoms with Crippen molar-refractivity contribution in [1.29, 1.82) is 0 Å². The van der Waals surface area contributed by atoms with E-state index in [-0.39, 0.29) is 22.7 Å². The number of benzene rings is 3. The van der Waals surface area contributed by atoms with E-state index >= 15 is 0 Å². The lowest BCUT2D eigenvalue weighted by Crippen LogP contribution is -2.31. The molecule has 162 valence electrons. The third-order valence-corrected chi connectivity index (χ3v) is 6.09. The van der Waals surface area contributed by atoms with Crippen molar-refractivity contribution in [2.24, 2.45) is 0 Å². The molecule has 3 aromatic rings. The van der Waals surface area contributed by atoms with Gasteiger partial charge in [-0.15, -0.1) is 0 Å². The van der Waals surface area contributed by atoms with Crippen LogP contribution in [0, 0.1) is 5.82 Å². The minimum absolute atomic E-state index is 0.0114. The fourth-order valence-corrected chi connectivity index (χ4v) is 4.42. The van der Waals surface area contributed by atoms with Gasteiger partial charge >= 0.3 is 5.97 Å². The molecule has 0 saturated carbocycles. The molecular formula is C24H24FNO4S. The van der Waals surface area contributed by atoms with E-state index in [2.05, 4.69) is 0 Å². The summed E-state index contributed by atoms with van der Waals surface area (Å²) >= 11 is 0. The Morgan fingerprint density at radius 1 is 0.935 bits per heavy atom. The average Bonchev–Trinajstić information content (AvgIpc) is 2.71. The van der Waals surface area contributed by atoms with Gasteiger partial charge in [0.05, 0.1) is 22.7 Å². The Labute approximate surface area is 182 Å². The van der Waals surface area contributed by atoms with Crippen molar-refractivity contribution in [3.63, 3.8) is 0 Å². The lowest BCUT2D eigenvalue weighted by Gasteiger charge is -2.25. The number of hydrogen-bond acceptors (Lipinski definition) is 4. The van der Waals surface area contributed by atoms with Crippen molar-refractivity contribution in [3.05, 3.63) is 95.8 Å². The monoisotopic (exact) mass is 441 g/mol. The number of carbonyl (C=O) groups excluding carboxylic acids is 1. The Morgan fingerprint density at radius 3 is 2.26 bits per heavy atom. The van der Waals surface area contributed by atoms with E-state index in [0.717, 1.165) is 15.9 Å². The number of esters is 1. The van der Waals surface area contributed by atoms with Gasteiger partial charge in [-0.25, -0.2) is 17.6 Å². The summed E-state index contributed by atoms with van der Waals surface area (Å²) in [6.07, 6.45) is 0. The minimum Gasteiger partial charge on any atom is -0.456 e. The number of sulfonamides is 1. The van der Waals surface area contributed by atoms with Gasteiger partial charge in [-0.05, 0) is 62.7 Å². The van der Waals surface area contributed by atoms with Crippen LogP contribution in [-0.4, -0.2) is 20.0 Å². The fraction of sp³-hybridized carbons (Fsp3) is 0.208. The normalized spacial score (nSPS) is 11.7. The predicted molar refractivity (Wildman–Crippen MR) is 118 cm³/mol. The molecule has 7 heteroatoms. The van der Waals surface area contributed by atoms with Gasteiger partial charge < -0.3 is 4.74 Å². The van der Waals surface area contributed by atoms with E-state index in [1.165, 1.54) is 24.3 Å². The zero-order chi connectivity index (χ0) is 22.6. The lowest BCUT2D eigenvalue weighted by molar-refractivity contribution is 0.00695. The van der Waals surface area contributed by atoms with E-state index < -0.39 is 27.4 Å². The molecule has 0 spiro atoms. The van der Waals surface area contributed by atoms with E-state index in [9.17, 15) is 17.6 Å². The summed E-state index contributed by atoms with van der Waals surface area (Å²) in [7, 11) is -4.11. The Balaban J connectivity index is 2.07. The van der Waals surface area contributed by atoms with Crippen LogP contribution in [0.5, 0.6) is 0 Å². The Bertz CT molecular complexity index is 1170. The molecule has 5 nitrogen and oxygen atoms in total. The predicted octanol–water partition coefficient (Wildman–Crippen LogP) is 5.18. The number of anilines is 1. The summed E-state index contributed by atoms with van der Waals surface area (Å²) in [6.45, 7) is 5.28. The second-order valence-corrected chi connectivity index (χ2v) is 9.87. The van der Waals surface area contributed by atoms with Crippen molar-refractivity contribution >= 4 is 21.7 Å². The molecule has 0 saturated heterocycles. The van der Waals surface area contributed by atoms with Gasteiger partial charge in [0, 0.05) is 0 Å². The van der Waals surface area contributed by atoms with Crippen LogP contribution in [-0.2, 0) is 21.3 Å². The van der Waals surface area contributed by atoms with Gasteiger partial charge in [-0.3, -0.25) is 4.31 Å². The van der Waals surface area contributed by atoms with E-state index in [0.29, 0.717) is 0 Å². The van der Waals surface area contributed by atoms with Crippen LogP contribution in [0.2, 0.25) is 0 Å². The molecule has 0 amide bonds. The van der Waals surface area contributed by atoms with Crippen LogP contribution in [0.25, 0.3) is 0 Å². The average molecular weight is 442 g/mol. The first-order valence-corrected chi connectivity index (χ1v) is 11.2. The van der Waals surface area contributed by atoms with Gasteiger partial charge in [-0.2, -0.15) is 0 Å². The summed E-state index contributed by atoms with van der Waals surface area (Å²) in [6, 6.07) is 20.1. The third kappa shape index (κ3) is 5.70. The second kappa shape index (κ2) is 8.89. The molecule has 0 bridgehead atoms. The number of ether oxygens (including phenoxy) is 1. The molecule has 0 aliphatic carbocycles. The highest BCUT2D eigenvalue weighted by Gasteiger charge is 2.27. The first kappa shape index (κ1) is 22.5. The zero-order valence-corrected chi connectivity index (χ0v) is 18.4. The molecule has 3 aromatic carbocycles. The molecule has 0 aliphatic heterocycles. The molecule has 0 atom stereocenters. The van der Waals surface area contributed by atoms with Crippen LogP contribution in [0.4, 0.5) is 10.1 Å². The number of hydrogen-bond donors (Lipinski definition) is 0. The highest BCUT2D eigenvalue weighted by molar-refractivity contribution is 7.92. The van der Waals surface area contributed by atoms with Gasteiger partial charge in [-0.1, -0.05) is 42.5 Å². The number of carbonyl (C=O) groups is 1. The summed E-state index contributed by atoms with van der Waals surface area (Å²) in [4.78, 5) is 12.3. The summed E-state index contributed by atoms with van der Waals surface area (Å²) < 4.78 is 47.2. The first-order chi connectivity index (χ1) is 14.6. The van der Waals surface area contributed by atoms with Crippen molar-refractivity contribution in [2.75, 3.05) is 4.31 Å². The van der Waals surface area contributed by atoms with Crippen LogP contribution in [0.15, 0.2) is 83.8 Å². The highest BCUT2D eigenvalue weighted by Crippen LogP contribution is 2.28. The summed E-state index contributed by atoms with van der Waals surface area (Å²) in [5.41, 5.74) is 0.548. The Hall–Kier alpha value is -3.19. The number of halogens is 1. The maximum Gasteiger partial charge on any atom is 0.338 e. The largest absolute Gasteiger partial charge is 0.456 e. The molecule has 0 N–H and O–H groups in total. The van der Waals surface area contributed by atoms with Gasteiger partial charge in [0.15, 0.2) is 0 Å². The standard InChI is InChI=1S/C24H24FNO4S/c1-24(2,3)30-23(27)19-11-7-13-21(15-19)26(17-18-9-5-4-6-10-18)31(28,29)22-14-8-12-20(25)16-22/h4-16H,17H2,1-3H3. The van der Waals surface area contributed by atoms with E-state index in [4.69, 9.17) is 4.74 Å². The van der Waals surface area contributed by atoms with Crippen molar-refractivity contribution < 1.29 is 22.3 Å². The molecule has 31 heavy (non-hydrogen) atoms. The first-order valence-electron chi connectivity index (χ1n) is 9.72. The molecule has 0 aromatic heterocycles. The number of rotatable bonds is 6. The Kier molecular flexibility index (Phi) is 6.45. The molecule has 0 radical (unpaired) electrons. The van der Waals surface area contributed by atoms with Crippen molar-refractivity contribution in [2.45, 2.75) is 37.8 Å². The molecule has 0 aliphatic rings. The van der Waals surface area contributed by atoms with Crippen LogP contribution < -0.4 is 4.31 Å². The molecule has 0 unspecified atom stereocenters. The topological polar surface area (TPSA) is 63.7 Å². The van der Waals surface area contributed by atoms with Crippen LogP contribution in [0.1, 0.15) is 36.7 Å². The molecular weight excluding hydrogens is 417 g/mol. The second-order valence-electron chi connectivity index (χ2n) is 8.01. The zero-order valence-electron chi connectivity index (χ0n) is 17.6. The van der Waals surface area contributed by atoms with Crippen LogP contribution >= 0.6 is 0 Å².